The number of rotatable bonds is 6. The van der Waals surface area contributed by atoms with Crippen molar-refractivity contribution in [2.45, 2.75) is 32.7 Å². The molecule has 1 saturated heterocycles. The lowest BCUT2D eigenvalue weighted by Gasteiger charge is -2.37. The molecule has 7 heteroatoms. The fourth-order valence-corrected chi connectivity index (χ4v) is 3.67. The van der Waals surface area contributed by atoms with Crippen LogP contribution in [0.15, 0.2) is 24.3 Å². The Bertz CT molecular complexity index is 632. The number of likely N-dealkylation sites (tertiary alicyclic amines) is 1. The molecule has 1 heterocycles. The lowest BCUT2D eigenvalue weighted by atomic mass is 9.90. The minimum atomic E-state index is -0.852. The Kier molecular flexibility index (Phi) is 6.87. The van der Waals surface area contributed by atoms with E-state index in [4.69, 9.17) is 0 Å². The summed E-state index contributed by atoms with van der Waals surface area (Å²) in [5.41, 5.74) is 1.85. The first-order valence-electron chi connectivity index (χ1n) is 8.35. The smallest absolute Gasteiger partial charge is 0.308 e. The number of benzene rings is 1. The molecule has 1 fully saturated rings. The van der Waals surface area contributed by atoms with Crippen LogP contribution in [0.25, 0.3) is 0 Å². The van der Waals surface area contributed by atoms with Crippen molar-refractivity contribution in [2.24, 2.45) is 5.92 Å². The lowest BCUT2D eigenvalue weighted by Crippen LogP contribution is -2.49. The number of aliphatic carboxylic acids is 1. The largest absolute Gasteiger partial charge is 0.481 e. The van der Waals surface area contributed by atoms with Crippen LogP contribution >= 0.6 is 11.8 Å². The van der Waals surface area contributed by atoms with Crippen LogP contribution in [0.1, 0.15) is 25.3 Å². The van der Waals surface area contributed by atoms with E-state index in [0.29, 0.717) is 19.4 Å². The molecule has 0 aromatic heterocycles. The van der Waals surface area contributed by atoms with Gasteiger partial charge in [0.1, 0.15) is 0 Å². The van der Waals surface area contributed by atoms with E-state index in [2.05, 4.69) is 5.32 Å². The van der Waals surface area contributed by atoms with E-state index in [1.54, 1.807) is 11.8 Å². The molecule has 0 radical (unpaired) electrons. The maximum absolute atomic E-state index is 12.3. The highest BCUT2D eigenvalue weighted by atomic mass is 32.2. The van der Waals surface area contributed by atoms with Gasteiger partial charge in [-0.15, -0.1) is 11.8 Å². The summed E-state index contributed by atoms with van der Waals surface area (Å²) in [5, 5.41) is 12.0. The number of carboxylic acids is 1. The van der Waals surface area contributed by atoms with Gasteiger partial charge < -0.3 is 15.3 Å². The summed E-state index contributed by atoms with van der Waals surface area (Å²) in [6.45, 7) is 4.34. The molecule has 2 atom stereocenters. The van der Waals surface area contributed by atoms with Gasteiger partial charge in [-0.2, -0.15) is 0 Å². The second-order valence-electron chi connectivity index (χ2n) is 6.32. The summed E-state index contributed by atoms with van der Waals surface area (Å²) in [5.74, 6) is -1.26. The SMILES string of the molecule is Cc1ccc(NC(=O)CSCC(=O)N2CCC[C@@H](C(=O)O)[C@H]2C)cc1. The Labute approximate surface area is 152 Å². The highest BCUT2D eigenvalue weighted by molar-refractivity contribution is 8.00. The molecule has 2 rings (SSSR count). The fourth-order valence-electron chi connectivity index (χ4n) is 2.97. The molecular formula is C18H24N2O4S. The Balaban J connectivity index is 1.76. The quantitative estimate of drug-likeness (QED) is 0.809. The number of nitrogens with zero attached hydrogens (tertiary/aromatic N) is 1. The van der Waals surface area contributed by atoms with E-state index >= 15 is 0 Å². The van der Waals surface area contributed by atoms with Crippen LogP contribution in [0.4, 0.5) is 5.69 Å². The van der Waals surface area contributed by atoms with Gasteiger partial charge in [-0.3, -0.25) is 14.4 Å². The molecule has 2 amide bonds. The lowest BCUT2D eigenvalue weighted by molar-refractivity contribution is -0.148. The maximum Gasteiger partial charge on any atom is 0.308 e. The molecule has 1 aliphatic heterocycles. The van der Waals surface area contributed by atoms with Gasteiger partial charge in [-0.05, 0) is 38.8 Å². The second-order valence-corrected chi connectivity index (χ2v) is 7.31. The molecule has 0 spiro atoms. The number of aryl methyl sites for hydroxylation is 1. The summed E-state index contributed by atoms with van der Waals surface area (Å²) in [7, 11) is 0. The molecule has 25 heavy (non-hydrogen) atoms. The predicted octanol–water partition coefficient (Wildman–Crippen LogP) is 2.38. The average molecular weight is 364 g/mol. The summed E-state index contributed by atoms with van der Waals surface area (Å²) in [6, 6.07) is 7.21. The summed E-state index contributed by atoms with van der Waals surface area (Å²) in [4.78, 5) is 37.1. The highest BCUT2D eigenvalue weighted by Gasteiger charge is 2.35. The van der Waals surface area contributed by atoms with E-state index in [9.17, 15) is 19.5 Å². The third-order valence-corrected chi connectivity index (χ3v) is 5.34. The van der Waals surface area contributed by atoms with Crippen LogP contribution in [-0.4, -0.2) is 51.9 Å². The van der Waals surface area contributed by atoms with Crippen LogP contribution in [0.2, 0.25) is 0 Å². The van der Waals surface area contributed by atoms with Crippen molar-refractivity contribution >= 4 is 35.2 Å². The summed E-state index contributed by atoms with van der Waals surface area (Å²) in [6.07, 6.45) is 1.30. The van der Waals surface area contributed by atoms with Gasteiger partial charge in [0.25, 0.3) is 0 Å². The molecule has 136 valence electrons. The van der Waals surface area contributed by atoms with Gasteiger partial charge >= 0.3 is 5.97 Å². The van der Waals surface area contributed by atoms with Crippen molar-refractivity contribution in [3.63, 3.8) is 0 Å². The predicted molar refractivity (Wildman–Crippen MR) is 98.7 cm³/mol. The van der Waals surface area contributed by atoms with Crippen molar-refractivity contribution in [2.75, 3.05) is 23.4 Å². The van der Waals surface area contributed by atoms with Crippen LogP contribution in [-0.2, 0) is 14.4 Å². The monoisotopic (exact) mass is 364 g/mol. The van der Waals surface area contributed by atoms with Crippen molar-refractivity contribution < 1.29 is 19.5 Å². The number of piperidine rings is 1. The molecule has 6 nitrogen and oxygen atoms in total. The number of carbonyl (C=O) groups excluding carboxylic acids is 2. The number of carbonyl (C=O) groups is 3. The van der Waals surface area contributed by atoms with Crippen LogP contribution in [0, 0.1) is 12.8 Å². The number of anilines is 1. The van der Waals surface area contributed by atoms with Crippen LogP contribution in [0.3, 0.4) is 0 Å². The Morgan fingerprint density at radius 2 is 1.92 bits per heavy atom. The summed E-state index contributed by atoms with van der Waals surface area (Å²) < 4.78 is 0. The first-order valence-corrected chi connectivity index (χ1v) is 9.50. The Morgan fingerprint density at radius 3 is 2.56 bits per heavy atom. The van der Waals surface area contributed by atoms with Gasteiger partial charge in [0, 0.05) is 18.3 Å². The molecule has 1 aromatic rings. The molecule has 0 unspecified atom stereocenters. The molecule has 0 saturated carbocycles. The molecule has 2 N–H and O–H groups in total. The molecule has 1 aromatic carbocycles. The first kappa shape index (κ1) is 19.3. The Morgan fingerprint density at radius 1 is 1.24 bits per heavy atom. The number of nitrogens with one attached hydrogen (secondary N) is 1. The maximum atomic E-state index is 12.3. The number of hydrogen-bond acceptors (Lipinski definition) is 4. The number of thioether (sulfide) groups is 1. The Hall–Kier alpha value is -2.02. The zero-order valence-corrected chi connectivity index (χ0v) is 15.3. The van der Waals surface area contributed by atoms with Gasteiger partial charge in [0.15, 0.2) is 0 Å². The molecule has 0 bridgehead atoms. The summed E-state index contributed by atoms with van der Waals surface area (Å²) >= 11 is 1.25. The second kappa shape index (κ2) is 8.89. The van der Waals surface area contributed by atoms with E-state index in [-0.39, 0.29) is 29.4 Å². The van der Waals surface area contributed by atoms with Crippen molar-refractivity contribution in [3.05, 3.63) is 29.8 Å². The zero-order chi connectivity index (χ0) is 18.4. The average Bonchev–Trinajstić information content (AvgIpc) is 2.56. The standard InChI is InChI=1S/C18H24N2O4S/c1-12-5-7-14(8-6-12)19-16(21)10-25-11-17(22)20-9-3-4-15(13(20)2)18(23)24/h5-8,13,15H,3-4,9-11H2,1-2H3,(H,19,21)(H,23,24)/t13-,15-/m1/s1. The van der Waals surface area contributed by atoms with Crippen molar-refractivity contribution in [1.82, 2.24) is 4.90 Å². The van der Waals surface area contributed by atoms with E-state index in [1.807, 2.05) is 31.2 Å². The van der Waals surface area contributed by atoms with E-state index in [0.717, 1.165) is 11.3 Å². The third kappa shape index (κ3) is 5.49. The number of carboxylic acid groups (broad SMARTS) is 1. The zero-order valence-electron chi connectivity index (χ0n) is 14.5. The van der Waals surface area contributed by atoms with Crippen molar-refractivity contribution in [3.8, 4) is 0 Å². The van der Waals surface area contributed by atoms with Crippen LogP contribution in [0.5, 0.6) is 0 Å². The normalized spacial score (nSPS) is 20.2. The van der Waals surface area contributed by atoms with Gasteiger partial charge in [0.2, 0.25) is 11.8 Å². The van der Waals surface area contributed by atoms with Gasteiger partial charge in [-0.1, -0.05) is 17.7 Å². The molecule has 0 aliphatic carbocycles. The molecule has 1 aliphatic rings. The number of amides is 2. The number of hydrogen-bond donors (Lipinski definition) is 2. The highest BCUT2D eigenvalue weighted by Crippen LogP contribution is 2.24. The molecular weight excluding hydrogens is 340 g/mol. The topological polar surface area (TPSA) is 86.7 Å². The fraction of sp³-hybridized carbons (Fsp3) is 0.500. The van der Waals surface area contributed by atoms with Crippen LogP contribution < -0.4 is 5.32 Å². The third-order valence-electron chi connectivity index (χ3n) is 4.42. The minimum Gasteiger partial charge on any atom is -0.481 e. The van der Waals surface area contributed by atoms with Gasteiger partial charge in [-0.25, -0.2) is 0 Å². The first-order chi connectivity index (χ1) is 11.9. The van der Waals surface area contributed by atoms with Gasteiger partial charge in [0.05, 0.1) is 17.4 Å². The van der Waals surface area contributed by atoms with E-state index in [1.165, 1.54) is 11.8 Å². The van der Waals surface area contributed by atoms with E-state index < -0.39 is 11.9 Å². The minimum absolute atomic E-state index is 0.105. The van der Waals surface area contributed by atoms with Crippen molar-refractivity contribution in [1.29, 1.82) is 0 Å².